The number of phenolic OH excluding ortho intramolecular Hbond substituents is 1. The lowest BCUT2D eigenvalue weighted by atomic mass is 9.55. The van der Waals surface area contributed by atoms with Gasteiger partial charge < -0.3 is 14.6 Å². The van der Waals surface area contributed by atoms with E-state index >= 15 is 0 Å². The number of carbonyl (C=O) groups is 3. The summed E-state index contributed by atoms with van der Waals surface area (Å²) in [5.74, 6) is -5.67. The van der Waals surface area contributed by atoms with Crippen molar-refractivity contribution in [1.82, 2.24) is 0 Å². The van der Waals surface area contributed by atoms with E-state index in [-0.39, 0.29) is 36.1 Å². The summed E-state index contributed by atoms with van der Waals surface area (Å²) >= 11 is 0. The molecule has 0 aromatic heterocycles. The van der Waals surface area contributed by atoms with Gasteiger partial charge in [0, 0.05) is 12.3 Å². The quantitative estimate of drug-likeness (QED) is 0.549. The molecular formula is C26H28O8S. The van der Waals surface area contributed by atoms with E-state index < -0.39 is 51.2 Å². The zero-order valence-corrected chi connectivity index (χ0v) is 20.4. The van der Waals surface area contributed by atoms with Crippen molar-refractivity contribution in [2.45, 2.75) is 43.4 Å². The van der Waals surface area contributed by atoms with Gasteiger partial charge in [-0.05, 0) is 48.7 Å². The third kappa shape index (κ3) is 4.82. The lowest BCUT2D eigenvalue weighted by Gasteiger charge is -2.46. The van der Waals surface area contributed by atoms with Crippen LogP contribution in [0.2, 0.25) is 0 Å². The number of rotatable bonds is 8. The molecule has 9 heteroatoms. The highest BCUT2D eigenvalue weighted by Crippen LogP contribution is 2.55. The first-order valence-corrected chi connectivity index (χ1v) is 13.3. The van der Waals surface area contributed by atoms with Gasteiger partial charge in [-0.15, -0.1) is 0 Å². The number of phenols is 1. The molecule has 0 radical (unpaired) electrons. The molecule has 8 nitrogen and oxygen atoms in total. The van der Waals surface area contributed by atoms with Crippen LogP contribution in [-0.4, -0.2) is 50.2 Å². The van der Waals surface area contributed by atoms with Crippen molar-refractivity contribution in [2.75, 3.05) is 19.0 Å². The van der Waals surface area contributed by atoms with E-state index in [0.29, 0.717) is 17.5 Å². The van der Waals surface area contributed by atoms with Crippen molar-refractivity contribution < 1.29 is 37.4 Å². The smallest absolute Gasteiger partial charge is 0.310 e. The molecule has 0 heterocycles. The largest absolute Gasteiger partial charge is 0.508 e. The van der Waals surface area contributed by atoms with E-state index in [4.69, 9.17) is 9.47 Å². The topological polar surface area (TPSA) is 124 Å². The molecule has 0 saturated heterocycles. The summed E-state index contributed by atoms with van der Waals surface area (Å²) in [7, 11) is -3.67. The summed E-state index contributed by atoms with van der Waals surface area (Å²) < 4.78 is 36.0. The Morgan fingerprint density at radius 1 is 0.971 bits per heavy atom. The number of carbonyl (C=O) groups excluding carboxylic acids is 3. The number of aromatic hydroxyl groups is 1. The van der Waals surface area contributed by atoms with E-state index in [1.807, 2.05) is 13.8 Å². The molecule has 186 valence electrons. The van der Waals surface area contributed by atoms with E-state index in [0.717, 1.165) is 5.56 Å². The first kappa shape index (κ1) is 24.9. The van der Waals surface area contributed by atoms with Gasteiger partial charge in [0.05, 0.1) is 35.0 Å². The number of fused-ring (bicyclic) bond motifs is 2. The summed E-state index contributed by atoms with van der Waals surface area (Å²) in [6.45, 7) is 3.45. The predicted molar refractivity (Wildman–Crippen MR) is 126 cm³/mol. The minimum absolute atomic E-state index is 0.0368. The minimum Gasteiger partial charge on any atom is -0.508 e. The normalized spacial score (nSPS) is 23.0. The second kappa shape index (κ2) is 9.81. The van der Waals surface area contributed by atoms with Crippen LogP contribution in [0.15, 0.2) is 47.4 Å². The number of aryl methyl sites for hydroxylation is 1. The highest BCUT2D eigenvalue weighted by atomic mass is 32.2. The van der Waals surface area contributed by atoms with Crippen LogP contribution in [0.4, 0.5) is 0 Å². The number of ketones is 1. The lowest BCUT2D eigenvalue weighted by Crippen LogP contribution is -2.50. The minimum atomic E-state index is -3.67. The SMILES string of the molecule is CCCOC(=O)[C@H]1[C@H](C(=O)OCCS(=O)(=O)c2ccc(C)cc2)C2CC(=O)[C@H]1c1cc(O)ccc12. The molecule has 2 aromatic carbocycles. The van der Waals surface area contributed by atoms with Crippen LogP contribution in [-0.2, 0) is 33.7 Å². The Labute approximate surface area is 204 Å². The second-order valence-corrected chi connectivity index (χ2v) is 11.2. The molecule has 1 saturated carbocycles. The highest BCUT2D eigenvalue weighted by Gasteiger charge is 2.57. The fourth-order valence-electron chi connectivity index (χ4n) is 5.07. The average Bonchev–Trinajstić information content (AvgIpc) is 2.82. The molecule has 4 atom stereocenters. The Morgan fingerprint density at radius 3 is 2.31 bits per heavy atom. The van der Waals surface area contributed by atoms with E-state index in [1.54, 1.807) is 18.2 Å². The third-order valence-electron chi connectivity index (χ3n) is 6.72. The maximum Gasteiger partial charge on any atom is 0.310 e. The molecule has 1 fully saturated rings. The molecule has 0 aliphatic heterocycles. The Morgan fingerprint density at radius 2 is 1.63 bits per heavy atom. The van der Waals surface area contributed by atoms with E-state index in [2.05, 4.69) is 0 Å². The van der Waals surface area contributed by atoms with E-state index in [1.165, 1.54) is 24.3 Å². The molecule has 5 rings (SSSR count). The maximum absolute atomic E-state index is 13.2. The maximum atomic E-state index is 13.2. The van der Waals surface area contributed by atoms with Crippen molar-refractivity contribution in [2.24, 2.45) is 11.8 Å². The number of hydrogen-bond donors (Lipinski definition) is 1. The van der Waals surface area contributed by atoms with E-state index in [9.17, 15) is 27.9 Å². The van der Waals surface area contributed by atoms with Gasteiger partial charge >= 0.3 is 11.9 Å². The Kier molecular flexibility index (Phi) is 6.98. The van der Waals surface area contributed by atoms with Gasteiger partial charge in [-0.2, -0.15) is 0 Å². The van der Waals surface area contributed by atoms with Crippen molar-refractivity contribution in [1.29, 1.82) is 0 Å². The van der Waals surface area contributed by atoms with Gasteiger partial charge in [0.25, 0.3) is 0 Å². The first-order chi connectivity index (χ1) is 16.6. The molecule has 0 amide bonds. The highest BCUT2D eigenvalue weighted by molar-refractivity contribution is 7.91. The average molecular weight is 501 g/mol. The molecular weight excluding hydrogens is 472 g/mol. The van der Waals surface area contributed by atoms with Gasteiger partial charge in [-0.1, -0.05) is 30.7 Å². The van der Waals surface area contributed by atoms with Crippen LogP contribution < -0.4 is 0 Å². The number of sulfone groups is 1. The summed E-state index contributed by atoms with van der Waals surface area (Å²) in [6, 6.07) is 11.0. The van der Waals surface area contributed by atoms with Crippen LogP contribution in [0.1, 0.15) is 48.3 Å². The predicted octanol–water partition coefficient (Wildman–Crippen LogP) is 3.06. The van der Waals surface area contributed by atoms with Crippen molar-refractivity contribution in [3.05, 3.63) is 59.2 Å². The molecule has 35 heavy (non-hydrogen) atoms. The zero-order valence-electron chi connectivity index (χ0n) is 19.6. The van der Waals surface area contributed by atoms with Crippen molar-refractivity contribution >= 4 is 27.6 Å². The van der Waals surface area contributed by atoms with Gasteiger partial charge in [-0.3, -0.25) is 14.4 Å². The summed E-state index contributed by atoms with van der Waals surface area (Å²) in [5, 5.41) is 9.97. The van der Waals surface area contributed by atoms with Crippen LogP contribution in [0.5, 0.6) is 5.75 Å². The molecule has 1 unspecified atom stereocenters. The fourth-order valence-corrected chi connectivity index (χ4v) is 6.16. The Bertz CT molecular complexity index is 1250. The molecule has 0 spiro atoms. The monoisotopic (exact) mass is 500 g/mol. The second-order valence-electron chi connectivity index (χ2n) is 9.09. The number of Topliss-reactive ketones (excluding diaryl/α,β-unsaturated/α-hetero) is 1. The number of hydrogen-bond acceptors (Lipinski definition) is 8. The lowest BCUT2D eigenvalue weighted by molar-refractivity contribution is -0.167. The summed E-state index contributed by atoms with van der Waals surface area (Å²) in [6.07, 6.45) is 0.630. The first-order valence-electron chi connectivity index (χ1n) is 11.6. The van der Waals surface area contributed by atoms with Crippen LogP contribution in [0, 0.1) is 18.8 Å². The van der Waals surface area contributed by atoms with Crippen molar-refractivity contribution in [3.8, 4) is 5.75 Å². The fraction of sp³-hybridized carbons (Fsp3) is 0.423. The van der Waals surface area contributed by atoms with Crippen LogP contribution in [0.3, 0.4) is 0 Å². The third-order valence-corrected chi connectivity index (χ3v) is 8.42. The number of ether oxygens (including phenoxy) is 2. The number of esters is 2. The zero-order chi connectivity index (χ0) is 25.3. The standard InChI is InChI=1S/C26H28O8S/c1-3-10-33-26(30)24-22-19-13-16(27)6-9-18(19)20(14-21(22)28)23(24)25(29)34-11-12-35(31,32)17-7-4-15(2)5-8-17/h4-9,13,20,22-24,27H,3,10-12,14H2,1-2H3/t20?,22-,23-,24-/m1/s1. The number of benzene rings is 2. The molecule has 3 aliphatic rings. The summed E-state index contributed by atoms with van der Waals surface area (Å²) in [4.78, 5) is 39.3. The molecule has 2 aromatic rings. The summed E-state index contributed by atoms with van der Waals surface area (Å²) in [5.41, 5.74) is 2.16. The van der Waals surface area contributed by atoms with Crippen LogP contribution in [0.25, 0.3) is 0 Å². The van der Waals surface area contributed by atoms with Gasteiger partial charge in [-0.25, -0.2) is 8.42 Å². The van der Waals surface area contributed by atoms with Gasteiger partial charge in [0.1, 0.15) is 18.1 Å². The molecule has 1 N–H and O–H groups in total. The van der Waals surface area contributed by atoms with Gasteiger partial charge in [0.2, 0.25) is 0 Å². The van der Waals surface area contributed by atoms with Crippen molar-refractivity contribution in [3.63, 3.8) is 0 Å². The Balaban J connectivity index is 1.57. The van der Waals surface area contributed by atoms with Crippen LogP contribution >= 0.6 is 0 Å². The molecule has 3 aliphatic carbocycles. The molecule has 2 bridgehead atoms. The van der Waals surface area contributed by atoms with Gasteiger partial charge in [0.15, 0.2) is 9.84 Å². The Hall–Kier alpha value is -3.20.